The molecule has 1 aromatic heterocycles. The molecule has 3 heterocycles. The fourth-order valence-corrected chi connectivity index (χ4v) is 6.07. The van der Waals surface area contributed by atoms with E-state index in [4.69, 9.17) is 16.6 Å². The predicted octanol–water partition coefficient (Wildman–Crippen LogP) is 5.84. The van der Waals surface area contributed by atoms with Gasteiger partial charge >= 0.3 is 5.97 Å². The van der Waals surface area contributed by atoms with Crippen LogP contribution in [0.15, 0.2) is 36.5 Å². The van der Waals surface area contributed by atoms with Crippen molar-refractivity contribution in [3.63, 3.8) is 0 Å². The van der Waals surface area contributed by atoms with Crippen LogP contribution in [0.4, 0.5) is 27.5 Å². The fourth-order valence-electron chi connectivity index (χ4n) is 5.88. The second-order valence-electron chi connectivity index (χ2n) is 11.3. The van der Waals surface area contributed by atoms with Crippen molar-refractivity contribution >= 4 is 40.7 Å². The summed E-state index contributed by atoms with van der Waals surface area (Å²) in [5, 5.41) is 13.3. The van der Waals surface area contributed by atoms with Crippen LogP contribution in [0.25, 0.3) is 0 Å². The average Bonchev–Trinajstić information content (AvgIpc) is 3.63. The van der Waals surface area contributed by atoms with Crippen LogP contribution in [0.5, 0.6) is 0 Å². The van der Waals surface area contributed by atoms with Crippen LogP contribution in [0.3, 0.4) is 0 Å². The Morgan fingerprint density at radius 1 is 1.26 bits per heavy atom. The van der Waals surface area contributed by atoms with E-state index >= 15 is 0 Å². The number of aromatic nitrogens is 2. The third-order valence-corrected chi connectivity index (χ3v) is 8.28. The Morgan fingerprint density at radius 2 is 2.08 bits per heavy atom. The molecule has 9 heteroatoms. The van der Waals surface area contributed by atoms with Crippen LogP contribution in [-0.2, 0) is 29.6 Å². The second kappa shape index (κ2) is 9.50. The highest BCUT2D eigenvalue weighted by Crippen LogP contribution is 2.47. The van der Waals surface area contributed by atoms with E-state index in [0.717, 1.165) is 43.1 Å². The Balaban J connectivity index is 1.36. The molecule has 2 aliphatic heterocycles. The predicted molar refractivity (Wildman–Crippen MR) is 146 cm³/mol. The van der Waals surface area contributed by atoms with Crippen molar-refractivity contribution in [3.8, 4) is 0 Å². The van der Waals surface area contributed by atoms with Crippen molar-refractivity contribution in [1.29, 1.82) is 0 Å². The number of carbonyl (C=O) groups is 1. The van der Waals surface area contributed by atoms with Gasteiger partial charge in [-0.2, -0.15) is 4.98 Å². The molecule has 1 unspecified atom stereocenters. The number of benzene rings is 2. The maximum Gasteiger partial charge on any atom is 0.304 e. The quantitative estimate of drug-likeness (QED) is 0.393. The molecule has 0 bridgehead atoms. The molecule has 0 radical (unpaired) electrons. The fraction of sp³-hybridized carbons (Fsp3) is 0.414. The normalized spacial score (nSPS) is 20.8. The first-order chi connectivity index (χ1) is 18.2. The Morgan fingerprint density at radius 3 is 2.84 bits per heavy atom. The van der Waals surface area contributed by atoms with Crippen molar-refractivity contribution in [2.45, 2.75) is 51.0 Å². The van der Waals surface area contributed by atoms with Crippen LogP contribution in [0.1, 0.15) is 48.4 Å². The Hall–Kier alpha value is -3.23. The molecular weight excluding hydrogens is 505 g/mol. The lowest BCUT2D eigenvalue weighted by Gasteiger charge is -2.27. The lowest BCUT2D eigenvalue weighted by atomic mass is 9.81. The first kappa shape index (κ1) is 25.1. The van der Waals surface area contributed by atoms with E-state index in [9.17, 15) is 14.3 Å². The van der Waals surface area contributed by atoms with E-state index < -0.39 is 17.2 Å². The minimum absolute atomic E-state index is 0.0932. The summed E-state index contributed by atoms with van der Waals surface area (Å²) in [6.45, 7) is 4.15. The van der Waals surface area contributed by atoms with E-state index in [1.54, 1.807) is 12.3 Å². The van der Waals surface area contributed by atoms with Gasteiger partial charge in [-0.1, -0.05) is 30.7 Å². The number of fused-ring (bicyclic) bond motifs is 2. The zero-order chi connectivity index (χ0) is 26.6. The van der Waals surface area contributed by atoms with E-state index in [1.807, 2.05) is 11.8 Å². The van der Waals surface area contributed by atoms with Crippen LogP contribution in [0.2, 0.25) is 5.02 Å². The molecule has 2 N–H and O–H groups in total. The summed E-state index contributed by atoms with van der Waals surface area (Å²) >= 11 is 6.59. The number of hydrogen-bond acceptors (Lipinski definition) is 6. The Bertz CT molecular complexity index is 1430. The molecule has 3 aliphatic rings. The number of nitrogens with zero attached hydrogens (tertiary/aromatic N) is 4. The first-order valence-electron chi connectivity index (χ1n) is 13.1. The van der Waals surface area contributed by atoms with Gasteiger partial charge in [0.1, 0.15) is 10.8 Å². The molecule has 7 nitrogen and oxygen atoms in total. The first-order valence-corrected chi connectivity index (χ1v) is 13.5. The van der Waals surface area contributed by atoms with Crippen molar-refractivity contribution in [2.75, 3.05) is 30.4 Å². The molecule has 3 aromatic rings. The summed E-state index contributed by atoms with van der Waals surface area (Å²) in [6, 6.07) is 9.02. The largest absolute Gasteiger partial charge is 0.481 e. The number of rotatable bonds is 7. The summed E-state index contributed by atoms with van der Waals surface area (Å²) in [7, 11) is 2.14. The number of likely N-dealkylation sites (N-methyl/N-ethyl adjacent to an activating group) is 1. The zero-order valence-corrected chi connectivity index (χ0v) is 22.4. The molecule has 1 atom stereocenters. The number of carboxylic acids is 1. The van der Waals surface area contributed by atoms with Gasteiger partial charge in [-0.25, -0.2) is 9.37 Å². The minimum Gasteiger partial charge on any atom is -0.481 e. The Labute approximate surface area is 226 Å². The number of halogens is 2. The lowest BCUT2D eigenvalue weighted by molar-refractivity contribution is -0.138. The summed E-state index contributed by atoms with van der Waals surface area (Å²) in [5.74, 6) is 0.231. The SMILES string of the molecule is CN1CCc2cc(CC3CC3)c(Nc3ncc(Cl)c(N4CC(C)(CC(=O)O)c5ccc(F)cc54)n3)cc2C1. The van der Waals surface area contributed by atoms with E-state index in [2.05, 4.69) is 34.4 Å². The van der Waals surface area contributed by atoms with Gasteiger partial charge in [0.15, 0.2) is 5.82 Å². The molecule has 1 saturated carbocycles. The van der Waals surface area contributed by atoms with Crippen LogP contribution in [-0.4, -0.2) is 46.1 Å². The number of hydrogen-bond donors (Lipinski definition) is 2. The van der Waals surface area contributed by atoms with Gasteiger partial charge in [-0.15, -0.1) is 0 Å². The highest BCUT2D eigenvalue weighted by atomic mass is 35.5. The molecular formula is C29H31ClFN5O2. The summed E-state index contributed by atoms with van der Waals surface area (Å²) in [4.78, 5) is 25.1. The van der Waals surface area contributed by atoms with Crippen molar-refractivity contribution in [2.24, 2.45) is 5.92 Å². The summed E-state index contributed by atoms with van der Waals surface area (Å²) in [6.07, 6.45) is 6.06. The van der Waals surface area contributed by atoms with Gasteiger partial charge in [0, 0.05) is 36.4 Å². The standard InChI is InChI=1S/C29H31ClFN5O2/c1-29(13-26(37)38)16-36(25-12-21(31)5-6-22(25)29)27-23(30)14-32-28(34-27)33-24-11-20-15-35(2)8-7-18(20)10-19(24)9-17-3-4-17/h5-6,10-12,14,17H,3-4,7-9,13,15-16H2,1-2H3,(H,37,38)(H,32,33,34). The smallest absolute Gasteiger partial charge is 0.304 e. The van der Waals surface area contributed by atoms with E-state index in [-0.39, 0.29) is 6.42 Å². The maximum atomic E-state index is 14.3. The molecule has 0 saturated heterocycles. The van der Waals surface area contributed by atoms with E-state index in [0.29, 0.717) is 29.0 Å². The van der Waals surface area contributed by atoms with Crippen molar-refractivity contribution < 1.29 is 14.3 Å². The zero-order valence-electron chi connectivity index (χ0n) is 21.6. The second-order valence-corrected chi connectivity index (χ2v) is 11.7. The molecule has 0 spiro atoms. The Kier molecular flexibility index (Phi) is 6.27. The molecule has 2 aromatic carbocycles. The molecule has 38 heavy (non-hydrogen) atoms. The topological polar surface area (TPSA) is 81.6 Å². The average molecular weight is 536 g/mol. The molecule has 6 rings (SSSR count). The van der Waals surface area contributed by atoms with Crippen molar-refractivity contribution in [1.82, 2.24) is 14.9 Å². The molecule has 1 fully saturated rings. The van der Waals surface area contributed by atoms with Gasteiger partial charge < -0.3 is 20.2 Å². The number of aliphatic carboxylic acids is 1. The van der Waals surface area contributed by atoms with E-state index in [1.165, 1.54) is 41.7 Å². The summed E-state index contributed by atoms with van der Waals surface area (Å²) < 4.78 is 14.3. The highest BCUT2D eigenvalue weighted by Gasteiger charge is 2.42. The van der Waals surface area contributed by atoms with Gasteiger partial charge in [-0.05, 0) is 79.1 Å². The highest BCUT2D eigenvalue weighted by molar-refractivity contribution is 6.33. The van der Waals surface area contributed by atoms with Gasteiger partial charge in [-0.3, -0.25) is 4.79 Å². The minimum atomic E-state index is -0.915. The third kappa shape index (κ3) is 4.83. The third-order valence-electron chi connectivity index (χ3n) is 8.01. The molecule has 0 amide bonds. The van der Waals surface area contributed by atoms with Gasteiger partial charge in [0.25, 0.3) is 0 Å². The van der Waals surface area contributed by atoms with Crippen LogP contribution < -0.4 is 10.2 Å². The van der Waals surface area contributed by atoms with Gasteiger partial charge in [0.05, 0.1) is 12.6 Å². The number of nitrogens with one attached hydrogen (secondary N) is 1. The summed E-state index contributed by atoms with van der Waals surface area (Å²) in [5.41, 5.74) is 5.61. The monoisotopic (exact) mass is 535 g/mol. The maximum absolute atomic E-state index is 14.3. The van der Waals surface area contributed by atoms with Crippen LogP contribution in [0, 0.1) is 11.7 Å². The molecule has 1 aliphatic carbocycles. The number of anilines is 4. The number of carboxylic acid groups (broad SMARTS) is 1. The lowest BCUT2D eigenvalue weighted by Crippen LogP contribution is -2.31. The van der Waals surface area contributed by atoms with Crippen molar-refractivity contribution in [3.05, 3.63) is 69.6 Å². The van der Waals surface area contributed by atoms with Gasteiger partial charge in [0.2, 0.25) is 5.95 Å². The molecule has 198 valence electrons. The van der Waals surface area contributed by atoms with Crippen LogP contribution >= 0.6 is 11.6 Å².